The molecule has 2 aromatic carbocycles. The minimum Gasteiger partial charge on any atom is -0.497 e. The smallest absolute Gasteiger partial charge is 0.251 e. The van der Waals surface area contributed by atoms with Crippen molar-refractivity contribution in [3.8, 4) is 16.9 Å². The van der Waals surface area contributed by atoms with Gasteiger partial charge in [-0.15, -0.1) is 0 Å². The molecule has 3 aromatic rings. The average Bonchev–Trinajstić information content (AvgIpc) is 3.20. The van der Waals surface area contributed by atoms with Crippen molar-refractivity contribution in [2.45, 2.75) is 26.3 Å². The standard InChI is InChI=1S/C22H22N4O3/c1-13-7-14(2)9-16(8-13)24-20(27)11-19-22(28)25-21-18(12-23-26(19)21)15-5-4-6-17(10-15)29-3/h4-10,12,19H,11H2,1-3H3,(H,24,27)(H,25,28). The van der Waals surface area contributed by atoms with Gasteiger partial charge in [0.1, 0.15) is 17.6 Å². The predicted octanol–water partition coefficient (Wildman–Crippen LogP) is 3.70. The van der Waals surface area contributed by atoms with Gasteiger partial charge in [0, 0.05) is 11.3 Å². The van der Waals surface area contributed by atoms with Gasteiger partial charge in [0.15, 0.2) is 0 Å². The number of aryl methyl sites for hydroxylation is 2. The van der Waals surface area contributed by atoms with Gasteiger partial charge in [0.05, 0.1) is 19.7 Å². The van der Waals surface area contributed by atoms with Crippen molar-refractivity contribution in [1.29, 1.82) is 0 Å². The summed E-state index contributed by atoms with van der Waals surface area (Å²) in [6.07, 6.45) is 1.70. The first kappa shape index (κ1) is 18.7. The van der Waals surface area contributed by atoms with Gasteiger partial charge in [-0.2, -0.15) is 5.10 Å². The number of aromatic nitrogens is 2. The Bertz CT molecular complexity index is 1080. The Morgan fingerprint density at radius 3 is 2.69 bits per heavy atom. The number of nitrogens with one attached hydrogen (secondary N) is 2. The maximum atomic E-state index is 12.6. The van der Waals surface area contributed by atoms with E-state index in [0.29, 0.717) is 5.82 Å². The lowest BCUT2D eigenvalue weighted by Crippen LogP contribution is -2.23. The van der Waals surface area contributed by atoms with Gasteiger partial charge in [-0.05, 0) is 54.8 Å². The molecule has 0 bridgehead atoms. The maximum absolute atomic E-state index is 12.6. The van der Waals surface area contributed by atoms with Crippen LogP contribution in [0.2, 0.25) is 0 Å². The summed E-state index contributed by atoms with van der Waals surface area (Å²) in [4.78, 5) is 25.1. The Kier molecular flexibility index (Phi) is 4.80. The number of hydrogen-bond donors (Lipinski definition) is 2. The van der Waals surface area contributed by atoms with Gasteiger partial charge in [-0.1, -0.05) is 18.2 Å². The molecule has 2 heterocycles. The van der Waals surface area contributed by atoms with Gasteiger partial charge < -0.3 is 15.4 Å². The van der Waals surface area contributed by atoms with Crippen molar-refractivity contribution < 1.29 is 14.3 Å². The van der Waals surface area contributed by atoms with Crippen LogP contribution in [0, 0.1) is 13.8 Å². The van der Waals surface area contributed by atoms with Crippen LogP contribution in [0.3, 0.4) is 0 Å². The topological polar surface area (TPSA) is 85.2 Å². The van der Waals surface area contributed by atoms with Crippen molar-refractivity contribution in [2.24, 2.45) is 0 Å². The van der Waals surface area contributed by atoms with Crippen LogP contribution in [0.5, 0.6) is 5.75 Å². The fraction of sp³-hybridized carbons (Fsp3) is 0.227. The molecule has 1 unspecified atom stereocenters. The Morgan fingerprint density at radius 1 is 1.21 bits per heavy atom. The number of fused-ring (bicyclic) bond motifs is 1. The molecule has 1 aliphatic rings. The van der Waals surface area contributed by atoms with Crippen molar-refractivity contribution >= 4 is 23.3 Å². The molecule has 0 spiro atoms. The number of carbonyl (C=O) groups excluding carboxylic acids is 2. The summed E-state index contributed by atoms with van der Waals surface area (Å²) in [5.41, 5.74) is 4.52. The molecule has 148 valence electrons. The quantitative estimate of drug-likeness (QED) is 0.696. The van der Waals surface area contributed by atoms with Crippen LogP contribution in [-0.4, -0.2) is 28.7 Å². The van der Waals surface area contributed by atoms with E-state index >= 15 is 0 Å². The largest absolute Gasteiger partial charge is 0.497 e. The SMILES string of the molecule is COc1cccc(-c2cnn3c2NC(=O)C3CC(=O)Nc2cc(C)cc(C)c2)c1. The highest BCUT2D eigenvalue weighted by Crippen LogP contribution is 2.36. The molecule has 2 N–H and O–H groups in total. The summed E-state index contributed by atoms with van der Waals surface area (Å²) in [5.74, 6) is 0.831. The van der Waals surface area contributed by atoms with Crippen molar-refractivity contribution in [2.75, 3.05) is 17.7 Å². The summed E-state index contributed by atoms with van der Waals surface area (Å²) in [5, 5.41) is 10.1. The number of amides is 2. The fourth-order valence-corrected chi connectivity index (χ4v) is 3.65. The molecule has 7 nitrogen and oxygen atoms in total. The molecule has 1 aromatic heterocycles. The third kappa shape index (κ3) is 3.71. The summed E-state index contributed by atoms with van der Waals surface area (Å²) < 4.78 is 6.85. The molecule has 1 atom stereocenters. The second-order valence-corrected chi connectivity index (χ2v) is 7.22. The van der Waals surface area contributed by atoms with Crippen LogP contribution in [0.15, 0.2) is 48.7 Å². The normalized spacial score (nSPS) is 15.0. The van der Waals surface area contributed by atoms with Gasteiger partial charge in [-0.25, -0.2) is 4.68 Å². The van der Waals surface area contributed by atoms with Crippen molar-refractivity contribution in [3.63, 3.8) is 0 Å². The molecular weight excluding hydrogens is 368 g/mol. The van der Waals surface area contributed by atoms with Crippen molar-refractivity contribution in [3.05, 3.63) is 59.8 Å². The number of ether oxygens (including phenoxy) is 1. The molecule has 0 saturated carbocycles. The maximum Gasteiger partial charge on any atom is 0.251 e. The Hall–Kier alpha value is -3.61. The number of nitrogens with zero attached hydrogens (tertiary/aromatic N) is 2. The molecular formula is C22H22N4O3. The zero-order chi connectivity index (χ0) is 20.5. The first-order valence-corrected chi connectivity index (χ1v) is 9.35. The molecule has 2 amide bonds. The van der Waals surface area contributed by atoms with E-state index < -0.39 is 6.04 Å². The highest BCUT2D eigenvalue weighted by Gasteiger charge is 2.35. The highest BCUT2D eigenvalue weighted by molar-refractivity contribution is 6.04. The molecule has 29 heavy (non-hydrogen) atoms. The minimum absolute atomic E-state index is 0.00501. The number of rotatable bonds is 5. The van der Waals surface area contributed by atoms with E-state index in [2.05, 4.69) is 15.7 Å². The second-order valence-electron chi connectivity index (χ2n) is 7.22. The number of carbonyl (C=O) groups is 2. The second kappa shape index (κ2) is 7.43. The van der Waals surface area contributed by atoms with Gasteiger partial charge in [0.25, 0.3) is 5.91 Å². The van der Waals surface area contributed by atoms with Gasteiger partial charge >= 0.3 is 0 Å². The Morgan fingerprint density at radius 2 is 1.97 bits per heavy atom. The van der Waals surface area contributed by atoms with E-state index in [4.69, 9.17) is 4.74 Å². The summed E-state index contributed by atoms with van der Waals surface area (Å²) in [6, 6.07) is 12.7. The first-order chi connectivity index (χ1) is 13.9. The lowest BCUT2D eigenvalue weighted by molar-refractivity contribution is -0.123. The third-order valence-electron chi connectivity index (χ3n) is 4.90. The molecule has 0 aliphatic carbocycles. The summed E-state index contributed by atoms with van der Waals surface area (Å²) in [7, 11) is 1.60. The summed E-state index contributed by atoms with van der Waals surface area (Å²) >= 11 is 0. The van der Waals surface area contributed by atoms with E-state index in [0.717, 1.165) is 33.7 Å². The van der Waals surface area contributed by atoms with Crippen LogP contribution in [0.25, 0.3) is 11.1 Å². The van der Waals surface area contributed by atoms with Gasteiger partial charge in [0.2, 0.25) is 5.91 Å². The lowest BCUT2D eigenvalue weighted by Gasteiger charge is -2.11. The Labute approximate surface area is 168 Å². The number of methoxy groups -OCH3 is 1. The first-order valence-electron chi connectivity index (χ1n) is 9.35. The fourth-order valence-electron chi connectivity index (χ4n) is 3.65. The van der Waals surface area contributed by atoms with Crippen molar-refractivity contribution in [1.82, 2.24) is 9.78 Å². The van der Waals surface area contributed by atoms with Crippen LogP contribution in [-0.2, 0) is 9.59 Å². The molecule has 7 heteroatoms. The zero-order valence-electron chi connectivity index (χ0n) is 16.5. The summed E-state index contributed by atoms with van der Waals surface area (Å²) in [6.45, 7) is 3.95. The van der Waals surface area contributed by atoms with Crippen LogP contribution in [0.4, 0.5) is 11.5 Å². The number of benzene rings is 2. The molecule has 1 aliphatic heterocycles. The average molecular weight is 390 g/mol. The van der Waals surface area contributed by atoms with E-state index in [1.807, 2.05) is 56.3 Å². The molecule has 0 saturated heterocycles. The number of hydrogen-bond acceptors (Lipinski definition) is 4. The van der Waals surface area contributed by atoms with Crippen LogP contribution < -0.4 is 15.4 Å². The van der Waals surface area contributed by atoms with E-state index in [1.165, 1.54) is 0 Å². The molecule has 0 radical (unpaired) electrons. The minimum atomic E-state index is -0.685. The lowest BCUT2D eigenvalue weighted by atomic mass is 10.1. The number of anilines is 2. The van der Waals surface area contributed by atoms with E-state index in [-0.39, 0.29) is 18.2 Å². The molecule has 4 rings (SSSR count). The van der Waals surface area contributed by atoms with E-state index in [9.17, 15) is 9.59 Å². The predicted molar refractivity (Wildman–Crippen MR) is 111 cm³/mol. The third-order valence-corrected chi connectivity index (χ3v) is 4.90. The van der Waals surface area contributed by atoms with Crippen LogP contribution in [0.1, 0.15) is 23.6 Å². The Balaban J connectivity index is 1.54. The zero-order valence-corrected chi connectivity index (χ0v) is 16.5. The highest BCUT2D eigenvalue weighted by atomic mass is 16.5. The molecule has 0 fully saturated rings. The van der Waals surface area contributed by atoms with Crippen LogP contribution >= 0.6 is 0 Å². The van der Waals surface area contributed by atoms with E-state index in [1.54, 1.807) is 18.0 Å². The monoisotopic (exact) mass is 390 g/mol. The van der Waals surface area contributed by atoms with Gasteiger partial charge in [-0.3, -0.25) is 9.59 Å².